The molecule has 24 heavy (non-hydrogen) atoms. The highest BCUT2D eigenvalue weighted by Gasteiger charge is 2.22. The lowest BCUT2D eigenvalue weighted by molar-refractivity contribution is 0.845. The minimum atomic E-state index is 0.145. The number of H-pyrrole nitrogens is 1. The Hall–Kier alpha value is -3.25. The molecular weight excluding hydrogens is 324 g/mol. The number of imidazole rings is 1. The van der Waals surface area contributed by atoms with Crippen molar-refractivity contribution >= 4 is 40.1 Å². The molecule has 9 heteroatoms. The average molecular weight is 336 g/mol. The maximum atomic E-state index is 9.30. The van der Waals surface area contributed by atoms with Gasteiger partial charge in [-0.15, -0.1) is 16.9 Å². The normalized spacial score (nSPS) is 11.2. The molecule has 0 spiro atoms. The van der Waals surface area contributed by atoms with Crippen LogP contribution in [-0.4, -0.2) is 30.8 Å². The lowest BCUT2D eigenvalue weighted by atomic mass is 10.3. The summed E-state index contributed by atoms with van der Waals surface area (Å²) in [7, 11) is 0. The molecule has 3 aromatic heterocycles. The minimum Gasteiger partial charge on any atom is -0.382 e. The molecule has 0 saturated carbocycles. The third-order valence-corrected chi connectivity index (χ3v) is 4.47. The first-order valence-electron chi connectivity index (χ1n) is 7.01. The number of anilines is 2. The number of nitrogen functional groups attached to an aromatic ring is 2. The van der Waals surface area contributed by atoms with E-state index < -0.39 is 0 Å². The van der Waals surface area contributed by atoms with Crippen molar-refractivity contribution in [3.8, 4) is 17.5 Å². The second-order valence-electron chi connectivity index (χ2n) is 5.09. The molecule has 0 aliphatic rings. The van der Waals surface area contributed by atoms with Crippen molar-refractivity contribution in [2.24, 2.45) is 0 Å². The summed E-state index contributed by atoms with van der Waals surface area (Å²) in [5.41, 5.74) is 15.1. The number of thioether (sulfide) groups is 1. The summed E-state index contributed by atoms with van der Waals surface area (Å²) in [6.45, 7) is 0. The molecule has 0 amide bonds. The molecule has 4 aromatic rings. The van der Waals surface area contributed by atoms with Crippen LogP contribution in [0, 0.1) is 11.3 Å². The Morgan fingerprint density at radius 3 is 2.71 bits per heavy atom. The van der Waals surface area contributed by atoms with Gasteiger partial charge in [-0.1, -0.05) is 12.1 Å². The maximum absolute atomic E-state index is 9.30. The van der Waals surface area contributed by atoms with Crippen LogP contribution < -0.4 is 11.5 Å². The molecule has 0 radical (unpaired) electrons. The van der Waals surface area contributed by atoms with Gasteiger partial charge in [0.2, 0.25) is 0 Å². The van der Waals surface area contributed by atoms with Gasteiger partial charge in [0.1, 0.15) is 33.9 Å². The number of hydrogen-bond acceptors (Lipinski definition) is 7. The fourth-order valence-electron chi connectivity index (χ4n) is 2.65. The number of hydrogen-bond donors (Lipinski definition) is 3. The summed E-state index contributed by atoms with van der Waals surface area (Å²) < 4.78 is 1.54. The number of benzene rings is 1. The topological polar surface area (TPSA) is 135 Å². The van der Waals surface area contributed by atoms with E-state index in [-0.39, 0.29) is 17.2 Å². The number of nitrogens with zero attached hydrogens (tertiary/aromatic N) is 5. The largest absolute Gasteiger partial charge is 0.382 e. The molecule has 3 heterocycles. The Morgan fingerprint density at radius 1 is 1.21 bits per heavy atom. The van der Waals surface area contributed by atoms with Crippen LogP contribution in [0.3, 0.4) is 0 Å². The molecule has 1 aromatic carbocycles. The average Bonchev–Trinajstić information content (AvgIpc) is 3.13. The zero-order chi connectivity index (χ0) is 16.8. The highest BCUT2D eigenvalue weighted by molar-refractivity contribution is 7.98. The van der Waals surface area contributed by atoms with Gasteiger partial charge < -0.3 is 16.5 Å². The second kappa shape index (κ2) is 5.14. The lowest BCUT2D eigenvalue weighted by Gasteiger charge is -2.06. The van der Waals surface area contributed by atoms with E-state index in [1.54, 1.807) is 0 Å². The first kappa shape index (κ1) is 14.3. The van der Waals surface area contributed by atoms with E-state index >= 15 is 0 Å². The van der Waals surface area contributed by atoms with Crippen molar-refractivity contribution in [1.82, 2.24) is 24.6 Å². The fourth-order valence-corrected chi connectivity index (χ4v) is 3.30. The van der Waals surface area contributed by atoms with E-state index in [1.807, 2.05) is 30.5 Å². The highest BCUT2D eigenvalue weighted by Crippen LogP contribution is 2.33. The van der Waals surface area contributed by atoms with Crippen LogP contribution >= 0.6 is 11.8 Å². The molecular formula is C15H12N8S. The molecule has 0 saturated heterocycles. The van der Waals surface area contributed by atoms with Crippen molar-refractivity contribution in [2.75, 3.05) is 17.7 Å². The lowest BCUT2D eigenvalue weighted by Crippen LogP contribution is -2.04. The van der Waals surface area contributed by atoms with Gasteiger partial charge in [-0.3, -0.25) is 0 Å². The Labute approximate surface area is 140 Å². The van der Waals surface area contributed by atoms with Gasteiger partial charge in [0.15, 0.2) is 11.5 Å². The SMILES string of the molecule is CSc1c(C#N)c(N)nc2c(-c3nc4ccccc4[nH]3)c(N)nn12. The Kier molecular flexibility index (Phi) is 3.07. The molecule has 8 nitrogen and oxygen atoms in total. The smallest absolute Gasteiger partial charge is 0.171 e. The van der Waals surface area contributed by atoms with E-state index in [4.69, 9.17) is 11.5 Å². The van der Waals surface area contributed by atoms with Crippen LogP contribution in [0.5, 0.6) is 0 Å². The van der Waals surface area contributed by atoms with E-state index in [9.17, 15) is 5.26 Å². The van der Waals surface area contributed by atoms with Crippen LogP contribution in [-0.2, 0) is 0 Å². The maximum Gasteiger partial charge on any atom is 0.171 e. The first-order chi connectivity index (χ1) is 11.6. The predicted octanol–water partition coefficient (Wildman–Crippen LogP) is 2.03. The van der Waals surface area contributed by atoms with Crippen molar-refractivity contribution in [2.45, 2.75) is 5.03 Å². The van der Waals surface area contributed by atoms with Gasteiger partial charge in [-0.2, -0.15) is 5.26 Å². The first-order valence-corrected chi connectivity index (χ1v) is 8.23. The zero-order valence-electron chi connectivity index (χ0n) is 12.6. The number of aromatic nitrogens is 5. The van der Waals surface area contributed by atoms with Gasteiger partial charge in [0, 0.05) is 0 Å². The van der Waals surface area contributed by atoms with Crippen LogP contribution in [0.2, 0.25) is 0 Å². The summed E-state index contributed by atoms with van der Waals surface area (Å²) in [6, 6.07) is 9.73. The van der Waals surface area contributed by atoms with Crippen molar-refractivity contribution < 1.29 is 0 Å². The number of fused-ring (bicyclic) bond motifs is 2. The van der Waals surface area contributed by atoms with Gasteiger partial charge in [0.05, 0.1) is 11.0 Å². The van der Waals surface area contributed by atoms with Crippen LogP contribution in [0.25, 0.3) is 28.1 Å². The zero-order valence-corrected chi connectivity index (χ0v) is 13.4. The van der Waals surface area contributed by atoms with E-state index in [0.717, 1.165) is 11.0 Å². The summed E-state index contributed by atoms with van der Waals surface area (Å²) in [5, 5.41) is 14.2. The molecule has 0 unspecified atom stereocenters. The van der Waals surface area contributed by atoms with Gasteiger partial charge >= 0.3 is 0 Å². The van der Waals surface area contributed by atoms with Crippen molar-refractivity contribution in [1.29, 1.82) is 5.26 Å². The fraction of sp³-hybridized carbons (Fsp3) is 0.0667. The summed E-state index contributed by atoms with van der Waals surface area (Å²) >= 11 is 1.36. The van der Waals surface area contributed by atoms with Crippen LogP contribution in [0.4, 0.5) is 11.6 Å². The number of nitrogens with one attached hydrogen (secondary N) is 1. The Bertz CT molecular complexity index is 1100. The van der Waals surface area contributed by atoms with E-state index in [2.05, 4.69) is 26.1 Å². The quantitative estimate of drug-likeness (QED) is 0.376. The number of nitrogens with two attached hydrogens (primary N) is 2. The number of aromatic amines is 1. The summed E-state index contributed by atoms with van der Waals surface area (Å²) in [4.78, 5) is 12.1. The number of rotatable bonds is 2. The van der Waals surface area contributed by atoms with E-state index in [1.165, 1.54) is 16.3 Å². The molecule has 118 valence electrons. The standard InChI is InChI=1S/C15H12N8S/c1-24-15-7(6-16)11(17)21-14-10(12(18)22-23(14)15)13-19-8-4-2-3-5-9(8)20-13/h2-5H,1H3,(H2,17,21)(H2,18,22)(H,19,20). The highest BCUT2D eigenvalue weighted by atomic mass is 32.2. The molecule has 5 N–H and O–H groups in total. The van der Waals surface area contributed by atoms with Crippen LogP contribution in [0.1, 0.15) is 5.56 Å². The van der Waals surface area contributed by atoms with Gasteiger partial charge in [-0.05, 0) is 18.4 Å². The Balaban J connectivity index is 2.08. The Morgan fingerprint density at radius 2 is 2.00 bits per heavy atom. The monoisotopic (exact) mass is 336 g/mol. The molecule has 0 atom stereocenters. The minimum absolute atomic E-state index is 0.145. The summed E-state index contributed by atoms with van der Waals surface area (Å²) in [6.07, 6.45) is 1.84. The van der Waals surface area contributed by atoms with Crippen molar-refractivity contribution in [3.63, 3.8) is 0 Å². The van der Waals surface area contributed by atoms with Crippen molar-refractivity contribution in [3.05, 3.63) is 29.8 Å². The number of para-hydroxylation sites is 2. The molecule has 0 aliphatic carbocycles. The molecule has 0 aliphatic heterocycles. The molecule has 0 fully saturated rings. The van der Waals surface area contributed by atoms with E-state index in [0.29, 0.717) is 22.1 Å². The molecule has 0 bridgehead atoms. The van der Waals surface area contributed by atoms with Gasteiger partial charge in [0.25, 0.3) is 0 Å². The van der Waals surface area contributed by atoms with Gasteiger partial charge in [-0.25, -0.2) is 14.5 Å². The predicted molar refractivity (Wildman–Crippen MR) is 93.4 cm³/mol. The molecule has 4 rings (SSSR count). The van der Waals surface area contributed by atoms with Crippen LogP contribution in [0.15, 0.2) is 29.3 Å². The number of nitriles is 1. The summed E-state index contributed by atoms with van der Waals surface area (Å²) in [5.74, 6) is 0.977. The third kappa shape index (κ3) is 1.90. The second-order valence-corrected chi connectivity index (χ2v) is 5.89. The third-order valence-electron chi connectivity index (χ3n) is 3.71.